The third kappa shape index (κ3) is 5.18. The van der Waals surface area contributed by atoms with E-state index in [9.17, 15) is 13.6 Å². The van der Waals surface area contributed by atoms with Crippen molar-refractivity contribution < 1.29 is 18.3 Å². The summed E-state index contributed by atoms with van der Waals surface area (Å²) in [7, 11) is 0. The van der Waals surface area contributed by atoms with E-state index in [0.717, 1.165) is 12.1 Å². The Kier molecular flexibility index (Phi) is 8.05. The number of ether oxygens (including phenoxy) is 1. The number of hydrogen-bond acceptors (Lipinski definition) is 4. The molecule has 2 aromatic rings. The van der Waals surface area contributed by atoms with Gasteiger partial charge in [0.2, 0.25) is 0 Å². The van der Waals surface area contributed by atoms with Gasteiger partial charge in [0.05, 0.1) is 39.7 Å². The van der Waals surface area contributed by atoms with Crippen molar-refractivity contribution in [2.45, 2.75) is 33.2 Å². The number of benzene rings is 2. The van der Waals surface area contributed by atoms with Gasteiger partial charge < -0.3 is 9.64 Å². The number of Topliss-reactive ketones (excluding diaryl/α,β-unsaturated/α-hetero) is 1. The smallest absolute Gasteiger partial charge is 0.157 e. The maximum absolute atomic E-state index is 14.8. The molecule has 0 unspecified atom stereocenters. The maximum Gasteiger partial charge on any atom is 0.157 e. The summed E-state index contributed by atoms with van der Waals surface area (Å²) in [5.41, 5.74) is 1.41. The Labute approximate surface area is 202 Å². The first-order valence-corrected chi connectivity index (χ1v) is 11.2. The van der Waals surface area contributed by atoms with Crippen LogP contribution in [-0.4, -0.2) is 30.8 Å². The number of carbonyl (C=O) groups excluding carboxylic acids is 1. The Hall–Kier alpha value is -2.54. The predicted octanol–water partition coefficient (Wildman–Crippen LogP) is 6.73. The quantitative estimate of drug-likeness (QED) is 0.317. The van der Waals surface area contributed by atoms with Crippen LogP contribution in [0.5, 0.6) is 0 Å². The van der Waals surface area contributed by atoms with Crippen LogP contribution in [0.1, 0.15) is 38.3 Å². The van der Waals surface area contributed by atoms with Crippen LogP contribution in [0.2, 0.25) is 10.0 Å². The lowest BCUT2D eigenvalue weighted by molar-refractivity contribution is -0.113. The molecule has 8 heteroatoms. The van der Waals surface area contributed by atoms with E-state index in [0.29, 0.717) is 36.6 Å². The summed E-state index contributed by atoms with van der Waals surface area (Å²) in [5, 5.41) is 0.293. The SMILES string of the molecule is C=C1[C@H](C)N=C(c2c(F)cccc2F)c2c(ccc(Cl)c2Cl)N1/C=C(/CCOCC)C(C)=O. The van der Waals surface area contributed by atoms with Crippen LogP contribution in [0, 0.1) is 11.6 Å². The molecule has 1 aliphatic rings. The molecule has 0 bridgehead atoms. The average Bonchev–Trinajstić information content (AvgIpc) is 2.86. The topological polar surface area (TPSA) is 41.9 Å². The molecule has 0 radical (unpaired) electrons. The number of ketones is 1. The number of aliphatic imine (C=N–C) groups is 1. The van der Waals surface area contributed by atoms with E-state index >= 15 is 0 Å². The van der Waals surface area contributed by atoms with Gasteiger partial charge in [0.15, 0.2) is 5.78 Å². The lowest BCUT2D eigenvalue weighted by atomic mass is 9.98. The van der Waals surface area contributed by atoms with E-state index in [1.54, 1.807) is 30.2 Å². The van der Waals surface area contributed by atoms with Crippen molar-refractivity contribution in [2.75, 3.05) is 18.1 Å². The van der Waals surface area contributed by atoms with Gasteiger partial charge >= 0.3 is 0 Å². The van der Waals surface area contributed by atoms with E-state index in [1.165, 1.54) is 13.0 Å². The van der Waals surface area contributed by atoms with Crippen LogP contribution in [0.3, 0.4) is 0 Å². The second-order valence-corrected chi connectivity index (χ2v) is 8.31. The highest BCUT2D eigenvalue weighted by atomic mass is 35.5. The molecule has 4 nitrogen and oxygen atoms in total. The number of halogens is 4. The van der Waals surface area contributed by atoms with Crippen LogP contribution in [0.15, 0.2) is 59.4 Å². The highest BCUT2D eigenvalue weighted by Crippen LogP contribution is 2.40. The van der Waals surface area contributed by atoms with Gasteiger partial charge in [0.1, 0.15) is 11.6 Å². The maximum atomic E-state index is 14.8. The van der Waals surface area contributed by atoms with Gasteiger partial charge in [-0.3, -0.25) is 9.79 Å². The molecule has 0 amide bonds. The lowest BCUT2D eigenvalue weighted by Gasteiger charge is -2.26. The predicted molar refractivity (Wildman–Crippen MR) is 129 cm³/mol. The number of hydrogen-bond donors (Lipinski definition) is 0. The normalized spacial score (nSPS) is 16.4. The van der Waals surface area contributed by atoms with Crippen LogP contribution in [-0.2, 0) is 9.53 Å². The Bertz CT molecular complexity index is 1140. The van der Waals surface area contributed by atoms with Gasteiger partial charge in [-0.05, 0) is 45.0 Å². The van der Waals surface area contributed by atoms with E-state index in [4.69, 9.17) is 27.9 Å². The molecule has 0 aromatic heterocycles. The number of nitrogens with zero attached hydrogens (tertiary/aromatic N) is 2. The molecule has 0 spiro atoms. The van der Waals surface area contributed by atoms with Gasteiger partial charge in [-0.25, -0.2) is 8.78 Å². The molecule has 1 atom stereocenters. The molecule has 3 rings (SSSR count). The summed E-state index contributed by atoms with van der Waals surface area (Å²) >= 11 is 12.9. The fourth-order valence-corrected chi connectivity index (χ4v) is 3.94. The Morgan fingerprint density at radius 2 is 1.88 bits per heavy atom. The minimum absolute atomic E-state index is 0.0244. The van der Waals surface area contributed by atoms with Crippen molar-refractivity contribution in [1.29, 1.82) is 0 Å². The molecular formula is C25H24Cl2F2N2O2. The zero-order valence-electron chi connectivity index (χ0n) is 18.6. The van der Waals surface area contributed by atoms with Crippen molar-refractivity contribution >= 4 is 40.4 Å². The van der Waals surface area contributed by atoms with Crippen molar-refractivity contribution in [3.63, 3.8) is 0 Å². The number of benzodiazepines with no additional fused rings is 1. The van der Waals surface area contributed by atoms with Crippen molar-refractivity contribution in [2.24, 2.45) is 4.99 Å². The molecule has 174 valence electrons. The van der Waals surface area contributed by atoms with Gasteiger partial charge in [-0.2, -0.15) is 0 Å². The van der Waals surface area contributed by atoms with Crippen LogP contribution in [0.25, 0.3) is 0 Å². The molecule has 2 aromatic carbocycles. The molecule has 0 N–H and O–H groups in total. The lowest BCUT2D eigenvalue weighted by Crippen LogP contribution is -2.23. The number of rotatable bonds is 7. The molecule has 0 saturated heterocycles. The number of anilines is 1. The first kappa shape index (κ1) is 25.1. The minimum Gasteiger partial charge on any atom is -0.381 e. The van der Waals surface area contributed by atoms with Gasteiger partial charge in [-0.15, -0.1) is 0 Å². The second kappa shape index (κ2) is 10.6. The molecular weight excluding hydrogens is 469 g/mol. The first-order valence-electron chi connectivity index (χ1n) is 10.4. The summed E-state index contributed by atoms with van der Waals surface area (Å²) in [6.07, 6.45) is 2.03. The van der Waals surface area contributed by atoms with Crippen molar-refractivity contribution in [1.82, 2.24) is 0 Å². The third-order valence-electron chi connectivity index (χ3n) is 5.34. The minimum atomic E-state index is -0.779. The summed E-state index contributed by atoms with van der Waals surface area (Å²) < 4.78 is 35.0. The van der Waals surface area contributed by atoms with Crippen LogP contribution < -0.4 is 4.90 Å². The van der Waals surface area contributed by atoms with E-state index < -0.39 is 17.7 Å². The van der Waals surface area contributed by atoms with Gasteiger partial charge in [0.25, 0.3) is 0 Å². The molecule has 0 aliphatic carbocycles. The highest BCUT2D eigenvalue weighted by Gasteiger charge is 2.31. The summed E-state index contributed by atoms with van der Waals surface area (Å²) in [6, 6.07) is 6.25. The fraction of sp³-hybridized carbons (Fsp3) is 0.280. The Morgan fingerprint density at radius 1 is 1.21 bits per heavy atom. The first-order chi connectivity index (χ1) is 15.7. The standard InChI is InChI=1S/C25H24Cl2F2N2O2/c1-5-33-12-11-17(16(4)32)13-31-15(3)14(2)30-25(22-19(28)7-6-8-20(22)29)23-21(31)10-9-18(26)24(23)27/h6-10,13-14H,3,5,11-12H2,1-2,4H3/b17-13-/t14-/m0/s1. The molecule has 0 fully saturated rings. The number of fused-ring (bicyclic) bond motifs is 1. The van der Waals surface area contributed by atoms with Crippen LogP contribution in [0.4, 0.5) is 14.5 Å². The van der Waals surface area contributed by atoms with Crippen molar-refractivity contribution in [3.8, 4) is 0 Å². The molecule has 1 aliphatic heterocycles. The molecule has 0 saturated carbocycles. The molecule has 33 heavy (non-hydrogen) atoms. The average molecular weight is 493 g/mol. The van der Waals surface area contributed by atoms with E-state index in [2.05, 4.69) is 11.6 Å². The molecule has 1 heterocycles. The second-order valence-electron chi connectivity index (χ2n) is 7.52. The van der Waals surface area contributed by atoms with Gasteiger partial charge in [0, 0.05) is 36.1 Å². The zero-order valence-corrected chi connectivity index (χ0v) is 20.1. The van der Waals surface area contributed by atoms with Crippen LogP contribution >= 0.6 is 23.2 Å². The largest absolute Gasteiger partial charge is 0.381 e. The Morgan fingerprint density at radius 3 is 2.48 bits per heavy atom. The van der Waals surface area contributed by atoms with E-state index in [-0.39, 0.29) is 32.7 Å². The monoisotopic (exact) mass is 492 g/mol. The summed E-state index contributed by atoms with van der Waals surface area (Å²) in [5.74, 6) is -1.69. The van der Waals surface area contributed by atoms with Crippen molar-refractivity contribution in [3.05, 3.63) is 87.2 Å². The van der Waals surface area contributed by atoms with Gasteiger partial charge in [-0.1, -0.05) is 35.8 Å². The summed E-state index contributed by atoms with van der Waals surface area (Å²) in [4.78, 5) is 18.6. The zero-order chi connectivity index (χ0) is 24.3. The number of carbonyl (C=O) groups is 1. The highest BCUT2D eigenvalue weighted by molar-refractivity contribution is 6.45. The van der Waals surface area contributed by atoms with E-state index in [1.807, 2.05) is 6.92 Å². The fourth-order valence-electron chi connectivity index (χ4n) is 3.54. The third-order valence-corrected chi connectivity index (χ3v) is 6.14. The summed E-state index contributed by atoms with van der Waals surface area (Å²) in [6.45, 7) is 10.1. The Balaban J connectivity index is 2.28.